The van der Waals surface area contributed by atoms with E-state index in [4.69, 9.17) is 0 Å². The number of piperazine rings is 1. The molecule has 2 saturated heterocycles. The summed E-state index contributed by atoms with van der Waals surface area (Å²) >= 11 is 0. The van der Waals surface area contributed by atoms with Crippen LogP contribution in [0.25, 0.3) is 0 Å². The van der Waals surface area contributed by atoms with Crippen LogP contribution in [0.2, 0.25) is 0 Å². The maximum atomic E-state index is 12.1. The quantitative estimate of drug-likeness (QED) is 0.717. The van der Waals surface area contributed by atoms with Crippen LogP contribution in [0.1, 0.15) is 26.7 Å². The minimum absolute atomic E-state index is 0.0373. The maximum absolute atomic E-state index is 12.1. The summed E-state index contributed by atoms with van der Waals surface area (Å²) in [5.41, 5.74) is 0. The van der Waals surface area contributed by atoms with Gasteiger partial charge in [0, 0.05) is 51.1 Å². The first kappa shape index (κ1) is 18.7. The molecule has 23 heavy (non-hydrogen) atoms. The molecule has 0 bridgehead atoms. The molecule has 1 atom stereocenters. The normalized spacial score (nSPS) is 23.9. The van der Waals surface area contributed by atoms with E-state index in [0.717, 1.165) is 39.0 Å². The van der Waals surface area contributed by atoms with Crippen molar-refractivity contribution in [2.75, 3.05) is 57.8 Å². The molecule has 134 valence electrons. The Morgan fingerprint density at radius 3 is 2.17 bits per heavy atom. The zero-order chi connectivity index (χ0) is 17.0. The zero-order valence-corrected chi connectivity index (χ0v) is 15.5. The molecule has 1 amide bonds. The fourth-order valence-electron chi connectivity index (χ4n) is 3.54. The highest BCUT2D eigenvalue weighted by atomic mass is 32.2. The Morgan fingerprint density at radius 2 is 1.65 bits per heavy atom. The van der Waals surface area contributed by atoms with Crippen LogP contribution in [-0.2, 0) is 14.6 Å². The SMILES string of the molecule is CCS(=O)(=O)CC(=O)N1CCC(C(C)N2CCN(C)CC2)CC1. The van der Waals surface area contributed by atoms with Crippen LogP contribution in [-0.4, -0.2) is 92.9 Å². The number of carbonyl (C=O) groups excluding carboxylic acids is 1. The Hall–Kier alpha value is -0.660. The lowest BCUT2D eigenvalue weighted by atomic mass is 9.89. The lowest BCUT2D eigenvalue weighted by Crippen LogP contribution is -2.52. The van der Waals surface area contributed by atoms with Crippen molar-refractivity contribution in [2.45, 2.75) is 32.7 Å². The van der Waals surface area contributed by atoms with E-state index < -0.39 is 9.84 Å². The number of piperidine rings is 1. The molecule has 7 heteroatoms. The molecule has 2 aliphatic rings. The molecule has 0 aromatic carbocycles. The van der Waals surface area contributed by atoms with Gasteiger partial charge in [-0.05, 0) is 32.7 Å². The molecule has 6 nitrogen and oxygen atoms in total. The average molecular weight is 346 g/mol. The number of sulfone groups is 1. The summed E-state index contributed by atoms with van der Waals surface area (Å²) in [7, 11) is -1.06. The van der Waals surface area contributed by atoms with Crippen molar-refractivity contribution in [1.29, 1.82) is 0 Å². The van der Waals surface area contributed by atoms with Gasteiger partial charge in [0.05, 0.1) is 0 Å². The molecular weight excluding hydrogens is 314 g/mol. The first-order chi connectivity index (χ1) is 10.8. The van der Waals surface area contributed by atoms with Gasteiger partial charge < -0.3 is 9.80 Å². The molecule has 0 aliphatic carbocycles. The molecule has 0 saturated carbocycles. The zero-order valence-electron chi connectivity index (χ0n) is 14.7. The van der Waals surface area contributed by atoms with E-state index in [1.165, 1.54) is 0 Å². The highest BCUT2D eigenvalue weighted by molar-refractivity contribution is 7.92. The average Bonchev–Trinajstić information content (AvgIpc) is 2.54. The van der Waals surface area contributed by atoms with Crippen molar-refractivity contribution < 1.29 is 13.2 Å². The number of amides is 1. The van der Waals surface area contributed by atoms with Crippen LogP contribution in [0.5, 0.6) is 0 Å². The van der Waals surface area contributed by atoms with Gasteiger partial charge in [-0.2, -0.15) is 0 Å². The third-order valence-corrected chi connectivity index (χ3v) is 7.04. The Balaban J connectivity index is 1.80. The van der Waals surface area contributed by atoms with Crippen LogP contribution in [0, 0.1) is 5.92 Å². The van der Waals surface area contributed by atoms with Gasteiger partial charge in [-0.15, -0.1) is 0 Å². The van der Waals surface area contributed by atoms with Gasteiger partial charge in [0.25, 0.3) is 0 Å². The lowest BCUT2D eigenvalue weighted by Gasteiger charge is -2.42. The topological polar surface area (TPSA) is 60.9 Å². The van der Waals surface area contributed by atoms with Gasteiger partial charge in [-0.3, -0.25) is 9.69 Å². The van der Waals surface area contributed by atoms with E-state index in [2.05, 4.69) is 23.8 Å². The second kappa shape index (κ2) is 7.94. The molecule has 2 heterocycles. The summed E-state index contributed by atoms with van der Waals surface area (Å²) in [6.45, 7) is 9.76. The largest absolute Gasteiger partial charge is 0.342 e. The van der Waals surface area contributed by atoms with Crippen molar-refractivity contribution in [1.82, 2.24) is 14.7 Å². The third kappa shape index (κ3) is 5.16. The van der Waals surface area contributed by atoms with Crippen molar-refractivity contribution >= 4 is 15.7 Å². The summed E-state index contributed by atoms with van der Waals surface area (Å²) in [5.74, 6) is 0.0838. The Kier molecular flexibility index (Phi) is 6.45. The highest BCUT2D eigenvalue weighted by Gasteiger charge is 2.31. The number of nitrogens with zero attached hydrogens (tertiary/aromatic N) is 3. The van der Waals surface area contributed by atoms with E-state index in [-0.39, 0.29) is 17.4 Å². The minimum atomic E-state index is -3.22. The van der Waals surface area contributed by atoms with Crippen LogP contribution >= 0.6 is 0 Å². The molecule has 0 radical (unpaired) electrons. The van der Waals surface area contributed by atoms with Gasteiger partial charge in [0.15, 0.2) is 9.84 Å². The molecular formula is C16H31N3O3S. The van der Waals surface area contributed by atoms with Crippen molar-refractivity contribution in [3.05, 3.63) is 0 Å². The summed E-state index contributed by atoms with van der Waals surface area (Å²) in [5, 5.41) is 0. The number of carbonyl (C=O) groups is 1. The summed E-state index contributed by atoms with van der Waals surface area (Å²) in [6.07, 6.45) is 1.96. The van der Waals surface area contributed by atoms with Crippen molar-refractivity contribution in [2.24, 2.45) is 5.92 Å². The van der Waals surface area contributed by atoms with Crippen LogP contribution in [0.15, 0.2) is 0 Å². The van der Waals surface area contributed by atoms with E-state index in [1.807, 2.05) is 0 Å². The predicted molar refractivity (Wildman–Crippen MR) is 92.2 cm³/mol. The Morgan fingerprint density at radius 1 is 1.09 bits per heavy atom. The van der Waals surface area contributed by atoms with E-state index >= 15 is 0 Å². The summed E-state index contributed by atoms with van der Waals surface area (Å²) in [6, 6.07) is 0.542. The number of likely N-dealkylation sites (N-methyl/N-ethyl adjacent to an activating group) is 1. The molecule has 1 unspecified atom stereocenters. The molecule has 0 aromatic rings. The van der Waals surface area contributed by atoms with Crippen LogP contribution in [0.4, 0.5) is 0 Å². The molecule has 0 N–H and O–H groups in total. The van der Waals surface area contributed by atoms with E-state index in [1.54, 1.807) is 11.8 Å². The first-order valence-corrected chi connectivity index (χ1v) is 10.6. The maximum Gasteiger partial charge on any atom is 0.237 e. The Bertz CT molecular complexity index is 493. The van der Waals surface area contributed by atoms with Gasteiger partial charge in [-0.25, -0.2) is 8.42 Å². The second-order valence-corrected chi connectivity index (χ2v) is 9.33. The number of hydrogen-bond acceptors (Lipinski definition) is 5. The molecule has 2 fully saturated rings. The van der Waals surface area contributed by atoms with Crippen LogP contribution < -0.4 is 0 Å². The summed E-state index contributed by atoms with van der Waals surface area (Å²) < 4.78 is 23.2. The van der Waals surface area contributed by atoms with Gasteiger partial charge in [0.2, 0.25) is 5.91 Å². The van der Waals surface area contributed by atoms with Crippen molar-refractivity contribution in [3.63, 3.8) is 0 Å². The number of rotatable bonds is 5. The van der Waals surface area contributed by atoms with Crippen LogP contribution in [0.3, 0.4) is 0 Å². The fourth-order valence-corrected chi connectivity index (χ4v) is 4.30. The fraction of sp³-hybridized carbons (Fsp3) is 0.938. The van der Waals surface area contributed by atoms with Gasteiger partial charge in [-0.1, -0.05) is 6.92 Å². The smallest absolute Gasteiger partial charge is 0.237 e. The first-order valence-electron chi connectivity index (χ1n) is 8.73. The number of hydrogen-bond donors (Lipinski definition) is 0. The van der Waals surface area contributed by atoms with Gasteiger partial charge >= 0.3 is 0 Å². The predicted octanol–water partition coefficient (Wildman–Crippen LogP) is 0.296. The second-order valence-electron chi connectivity index (χ2n) is 6.97. The molecule has 2 aliphatic heterocycles. The third-order valence-electron chi connectivity index (χ3n) is 5.47. The number of likely N-dealkylation sites (tertiary alicyclic amines) is 1. The van der Waals surface area contributed by atoms with Crippen molar-refractivity contribution in [3.8, 4) is 0 Å². The molecule has 2 rings (SSSR count). The van der Waals surface area contributed by atoms with E-state index in [0.29, 0.717) is 25.0 Å². The lowest BCUT2D eigenvalue weighted by molar-refractivity contribution is -0.130. The van der Waals surface area contributed by atoms with Gasteiger partial charge in [0.1, 0.15) is 5.75 Å². The summed E-state index contributed by atoms with van der Waals surface area (Å²) in [4.78, 5) is 18.8. The highest BCUT2D eigenvalue weighted by Crippen LogP contribution is 2.25. The Labute approximate surface area is 140 Å². The molecule has 0 spiro atoms. The monoisotopic (exact) mass is 345 g/mol. The van der Waals surface area contributed by atoms with E-state index in [9.17, 15) is 13.2 Å². The molecule has 0 aromatic heterocycles. The standard InChI is InChI=1S/C16H31N3O3S/c1-4-23(21,22)13-16(20)19-7-5-15(6-8-19)14(2)18-11-9-17(3)10-12-18/h14-15H,4-13H2,1-3H3. The minimum Gasteiger partial charge on any atom is -0.342 e.